The zero-order chi connectivity index (χ0) is 12.4. The minimum Gasteiger partial charge on any atom is -0.319 e. The summed E-state index contributed by atoms with van der Waals surface area (Å²) < 4.78 is 13.7. The molecule has 5 heteroatoms. The molecule has 2 rings (SSSR count). The van der Waals surface area contributed by atoms with Crippen LogP contribution in [0.1, 0.15) is 23.1 Å². The zero-order valence-corrected chi connectivity index (χ0v) is 9.95. The van der Waals surface area contributed by atoms with Gasteiger partial charge in [-0.25, -0.2) is 14.4 Å². The quantitative estimate of drug-likeness (QED) is 0.893. The van der Waals surface area contributed by atoms with Crippen LogP contribution in [-0.2, 0) is 0 Å². The van der Waals surface area contributed by atoms with Crippen LogP contribution in [0.15, 0.2) is 30.5 Å². The van der Waals surface area contributed by atoms with E-state index in [1.165, 1.54) is 6.07 Å². The van der Waals surface area contributed by atoms with Gasteiger partial charge in [0.15, 0.2) is 0 Å². The number of benzene rings is 1. The van der Waals surface area contributed by atoms with Gasteiger partial charge in [0, 0.05) is 16.8 Å². The average molecular weight is 252 g/mol. The molecule has 0 saturated carbocycles. The van der Waals surface area contributed by atoms with Gasteiger partial charge in [-0.1, -0.05) is 17.7 Å². The van der Waals surface area contributed by atoms with Crippen molar-refractivity contribution in [3.63, 3.8) is 0 Å². The van der Waals surface area contributed by atoms with Crippen molar-refractivity contribution >= 4 is 11.6 Å². The summed E-state index contributed by atoms with van der Waals surface area (Å²) in [6, 6.07) is 5.47. The van der Waals surface area contributed by atoms with Gasteiger partial charge in [-0.2, -0.15) is 0 Å². The minimum absolute atomic E-state index is 0.345. The largest absolute Gasteiger partial charge is 0.319 e. The maximum Gasteiger partial charge on any atom is 0.129 e. The van der Waals surface area contributed by atoms with Gasteiger partial charge in [0.25, 0.3) is 0 Å². The van der Waals surface area contributed by atoms with E-state index in [1.807, 2.05) is 0 Å². The van der Waals surface area contributed by atoms with E-state index in [-0.39, 0.29) is 0 Å². The van der Waals surface area contributed by atoms with Crippen LogP contribution in [0, 0.1) is 12.7 Å². The molecule has 0 fully saturated rings. The number of halogens is 2. The molecule has 0 aliphatic heterocycles. The molecular weight excluding hydrogens is 241 g/mol. The Balaban J connectivity index is 2.40. The number of nitrogens with zero attached hydrogens (tertiary/aromatic N) is 2. The molecule has 0 spiro atoms. The highest BCUT2D eigenvalue weighted by atomic mass is 35.5. The van der Waals surface area contributed by atoms with E-state index in [9.17, 15) is 4.39 Å². The SMILES string of the molecule is Cc1nccc(C(N)c2ccc(Cl)cc2F)n1. The lowest BCUT2D eigenvalue weighted by Gasteiger charge is -2.12. The Bertz CT molecular complexity index is 545. The smallest absolute Gasteiger partial charge is 0.129 e. The molecule has 1 aromatic heterocycles. The molecule has 0 aliphatic carbocycles. The van der Waals surface area contributed by atoms with Gasteiger partial charge < -0.3 is 5.73 Å². The van der Waals surface area contributed by atoms with Gasteiger partial charge in [0.05, 0.1) is 11.7 Å². The highest BCUT2D eigenvalue weighted by Gasteiger charge is 2.15. The molecule has 17 heavy (non-hydrogen) atoms. The molecule has 0 saturated heterocycles. The molecule has 3 nitrogen and oxygen atoms in total. The second-order valence-corrected chi connectivity index (χ2v) is 4.11. The number of nitrogens with two attached hydrogens (primary N) is 1. The van der Waals surface area contributed by atoms with E-state index in [0.717, 1.165) is 0 Å². The predicted octanol–water partition coefficient (Wildman–Crippen LogP) is 2.63. The number of hydrogen-bond donors (Lipinski definition) is 1. The maximum atomic E-state index is 13.7. The Morgan fingerprint density at radius 2 is 2.12 bits per heavy atom. The zero-order valence-electron chi connectivity index (χ0n) is 9.19. The average Bonchev–Trinajstić information content (AvgIpc) is 2.28. The second kappa shape index (κ2) is 4.77. The lowest BCUT2D eigenvalue weighted by Crippen LogP contribution is -2.15. The lowest BCUT2D eigenvalue weighted by atomic mass is 10.0. The Labute approximate surface area is 103 Å². The lowest BCUT2D eigenvalue weighted by molar-refractivity contribution is 0.596. The monoisotopic (exact) mass is 251 g/mol. The number of aryl methyl sites for hydroxylation is 1. The fourth-order valence-electron chi connectivity index (χ4n) is 1.56. The van der Waals surface area contributed by atoms with Crippen molar-refractivity contribution in [1.82, 2.24) is 9.97 Å². The summed E-state index contributed by atoms with van der Waals surface area (Å²) in [5.74, 6) is 0.175. The van der Waals surface area contributed by atoms with Crippen LogP contribution in [0.4, 0.5) is 4.39 Å². The standard InChI is InChI=1S/C12H11ClFN3/c1-7-16-5-4-11(17-7)12(15)9-3-2-8(13)6-10(9)14/h2-6,12H,15H2,1H3. The van der Waals surface area contributed by atoms with Crippen molar-refractivity contribution in [2.45, 2.75) is 13.0 Å². The third-order valence-electron chi connectivity index (χ3n) is 2.41. The van der Waals surface area contributed by atoms with E-state index in [0.29, 0.717) is 22.1 Å². The van der Waals surface area contributed by atoms with E-state index < -0.39 is 11.9 Å². The Morgan fingerprint density at radius 3 is 2.76 bits per heavy atom. The van der Waals surface area contributed by atoms with Crippen molar-refractivity contribution in [1.29, 1.82) is 0 Å². The molecule has 1 heterocycles. The summed E-state index contributed by atoms with van der Waals surface area (Å²) in [6.07, 6.45) is 1.60. The minimum atomic E-state index is -0.617. The van der Waals surface area contributed by atoms with Crippen LogP contribution in [0.25, 0.3) is 0 Å². The molecule has 1 aromatic carbocycles. The van der Waals surface area contributed by atoms with Gasteiger partial charge in [0.1, 0.15) is 11.6 Å². The second-order valence-electron chi connectivity index (χ2n) is 3.67. The summed E-state index contributed by atoms with van der Waals surface area (Å²) in [5, 5.41) is 0.345. The molecule has 0 amide bonds. The molecule has 1 atom stereocenters. The summed E-state index contributed by atoms with van der Waals surface area (Å²) in [6.45, 7) is 1.76. The van der Waals surface area contributed by atoms with Gasteiger partial charge in [-0.05, 0) is 25.1 Å². The Morgan fingerprint density at radius 1 is 1.35 bits per heavy atom. The van der Waals surface area contributed by atoms with Crippen LogP contribution >= 0.6 is 11.6 Å². The molecule has 2 N–H and O–H groups in total. The van der Waals surface area contributed by atoms with Crippen LogP contribution in [0.3, 0.4) is 0 Å². The molecule has 1 unspecified atom stereocenters. The van der Waals surface area contributed by atoms with Crippen LogP contribution in [0.2, 0.25) is 5.02 Å². The molecule has 88 valence electrons. The Kier molecular flexibility index (Phi) is 3.36. The highest BCUT2D eigenvalue weighted by molar-refractivity contribution is 6.30. The van der Waals surface area contributed by atoms with Crippen molar-refractivity contribution < 1.29 is 4.39 Å². The summed E-state index contributed by atoms with van der Waals surface area (Å²) in [4.78, 5) is 8.15. The van der Waals surface area contributed by atoms with Crippen molar-refractivity contribution in [2.75, 3.05) is 0 Å². The molecule has 0 bridgehead atoms. The molecule has 2 aromatic rings. The predicted molar refractivity (Wildman–Crippen MR) is 64.2 cm³/mol. The van der Waals surface area contributed by atoms with Gasteiger partial charge >= 0.3 is 0 Å². The van der Waals surface area contributed by atoms with E-state index >= 15 is 0 Å². The molecule has 0 aliphatic rings. The first kappa shape index (κ1) is 12.0. The van der Waals surface area contributed by atoms with Gasteiger partial charge in [-0.3, -0.25) is 0 Å². The fourth-order valence-corrected chi connectivity index (χ4v) is 1.72. The van der Waals surface area contributed by atoms with E-state index in [4.69, 9.17) is 17.3 Å². The highest BCUT2D eigenvalue weighted by Crippen LogP contribution is 2.23. The Hall–Kier alpha value is -1.52. The van der Waals surface area contributed by atoms with Crippen molar-refractivity contribution in [3.05, 3.63) is 58.4 Å². The van der Waals surface area contributed by atoms with Crippen molar-refractivity contribution in [3.8, 4) is 0 Å². The first-order chi connectivity index (χ1) is 8.08. The maximum absolute atomic E-state index is 13.7. The van der Waals surface area contributed by atoms with E-state index in [2.05, 4.69) is 9.97 Å². The number of aromatic nitrogens is 2. The van der Waals surface area contributed by atoms with Crippen LogP contribution < -0.4 is 5.73 Å². The summed E-state index contributed by atoms with van der Waals surface area (Å²) in [7, 11) is 0. The molecule has 0 radical (unpaired) electrons. The van der Waals surface area contributed by atoms with Gasteiger partial charge in [0.2, 0.25) is 0 Å². The van der Waals surface area contributed by atoms with Crippen molar-refractivity contribution in [2.24, 2.45) is 5.73 Å². The third-order valence-corrected chi connectivity index (χ3v) is 2.65. The first-order valence-corrected chi connectivity index (χ1v) is 5.46. The summed E-state index contributed by atoms with van der Waals surface area (Å²) >= 11 is 5.69. The fraction of sp³-hybridized carbons (Fsp3) is 0.167. The van der Waals surface area contributed by atoms with Gasteiger partial charge in [-0.15, -0.1) is 0 Å². The number of rotatable bonds is 2. The first-order valence-electron chi connectivity index (χ1n) is 5.08. The molecular formula is C12H11ClFN3. The third kappa shape index (κ3) is 2.60. The normalized spacial score (nSPS) is 12.5. The van der Waals surface area contributed by atoms with E-state index in [1.54, 1.807) is 31.3 Å². The number of hydrogen-bond acceptors (Lipinski definition) is 3. The summed E-state index contributed by atoms with van der Waals surface area (Å²) in [5.41, 5.74) is 6.91. The van der Waals surface area contributed by atoms with Crippen LogP contribution in [0.5, 0.6) is 0 Å². The topological polar surface area (TPSA) is 51.8 Å². The van der Waals surface area contributed by atoms with Crippen LogP contribution in [-0.4, -0.2) is 9.97 Å².